The molecule has 1 atom stereocenters. The summed E-state index contributed by atoms with van der Waals surface area (Å²) in [5.41, 5.74) is 1.76. The number of amides is 2. The third-order valence-electron chi connectivity index (χ3n) is 5.90. The van der Waals surface area contributed by atoms with E-state index in [1.54, 1.807) is 18.2 Å². The molecule has 2 aliphatic heterocycles. The van der Waals surface area contributed by atoms with E-state index < -0.39 is 0 Å². The van der Waals surface area contributed by atoms with Gasteiger partial charge in [0.2, 0.25) is 11.8 Å². The zero-order chi connectivity index (χ0) is 22.0. The highest BCUT2D eigenvalue weighted by molar-refractivity contribution is 6.00. The van der Waals surface area contributed by atoms with Crippen molar-refractivity contribution in [2.45, 2.75) is 6.42 Å². The number of benzene rings is 1. The van der Waals surface area contributed by atoms with Gasteiger partial charge in [0, 0.05) is 71.1 Å². The van der Waals surface area contributed by atoms with Crippen LogP contribution in [0, 0.1) is 5.92 Å². The molecular formula is C22H28N6O3. The SMILES string of the molecule is COc1cccc(N2CC(C(=O)N3CCN(c4cc(N(C)C)cnn4)CC3)CC2=O)c1. The fraction of sp³-hybridized carbons (Fsp3) is 0.455. The van der Waals surface area contributed by atoms with Crippen LogP contribution in [0.4, 0.5) is 17.2 Å². The van der Waals surface area contributed by atoms with Gasteiger partial charge < -0.3 is 24.3 Å². The summed E-state index contributed by atoms with van der Waals surface area (Å²) in [5, 5.41) is 8.33. The molecule has 0 N–H and O–H groups in total. The molecule has 3 heterocycles. The van der Waals surface area contributed by atoms with Gasteiger partial charge in [-0.15, -0.1) is 5.10 Å². The predicted molar refractivity (Wildman–Crippen MR) is 119 cm³/mol. The van der Waals surface area contributed by atoms with Gasteiger partial charge in [-0.1, -0.05) is 6.07 Å². The molecule has 9 nitrogen and oxygen atoms in total. The summed E-state index contributed by atoms with van der Waals surface area (Å²) in [6, 6.07) is 9.39. The van der Waals surface area contributed by atoms with Gasteiger partial charge in [0.25, 0.3) is 0 Å². The predicted octanol–water partition coefficient (Wildman–Crippen LogP) is 1.25. The second-order valence-electron chi connectivity index (χ2n) is 8.09. The lowest BCUT2D eigenvalue weighted by Crippen LogP contribution is -2.51. The zero-order valence-corrected chi connectivity index (χ0v) is 18.2. The Morgan fingerprint density at radius 2 is 1.94 bits per heavy atom. The van der Waals surface area contributed by atoms with Crippen LogP contribution in [0.2, 0.25) is 0 Å². The van der Waals surface area contributed by atoms with Crippen molar-refractivity contribution < 1.29 is 14.3 Å². The molecule has 1 aromatic carbocycles. The van der Waals surface area contributed by atoms with Crippen LogP contribution < -0.4 is 19.4 Å². The van der Waals surface area contributed by atoms with E-state index >= 15 is 0 Å². The Hall–Kier alpha value is -3.36. The van der Waals surface area contributed by atoms with Crippen molar-refractivity contribution in [2.24, 2.45) is 5.92 Å². The van der Waals surface area contributed by atoms with Crippen molar-refractivity contribution in [3.63, 3.8) is 0 Å². The molecule has 2 saturated heterocycles. The second-order valence-corrected chi connectivity index (χ2v) is 8.09. The second kappa shape index (κ2) is 8.79. The van der Waals surface area contributed by atoms with E-state index in [4.69, 9.17) is 4.74 Å². The fourth-order valence-electron chi connectivity index (χ4n) is 4.06. The Balaban J connectivity index is 1.37. The summed E-state index contributed by atoms with van der Waals surface area (Å²) in [7, 11) is 5.53. The molecular weight excluding hydrogens is 396 g/mol. The average molecular weight is 425 g/mol. The quantitative estimate of drug-likeness (QED) is 0.715. The van der Waals surface area contributed by atoms with Crippen molar-refractivity contribution >= 4 is 29.0 Å². The molecule has 0 aliphatic carbocycles. The van der Waals surface area contributed by atoms with Gasteiger partial charge in [-0.05, 0) is 12.1 Å². The number of anilines is 3. The standard InChI is InChI=1S/C22H28N6O3/c1-25(2)18-13-20(24-23-14-18)26-7-9-27(10-8-26)22(30)16-11-21(29)28(15-16)17-5-4-6-19(12-17)31-3/h4-6,12-14,16H,7-11,15H2,1-3H3. The summed E-state index contributed by atoms with van der Waals surface area (Å²) in [6.45, 7) is 3.00. The van der Waals surface area contributed by atoms with Crippen LogP contribution in [0.15, 0.2) is 36.5 Å². The maximum atomic E-state index is 13.1. The van der Waals surface area contributed by atoms with Gasteiger partial charge in [0.05, 0.1) is 24.9 Å². The molecule has 9 heteroatoms. The van der Waals surface area contributed by atoms with Crippen LogP contribution in [0.3, 0.4) is 0 Å². The van der Waals surface area contributed by atoms with Gasteiger partial charge in [0.15, 0.2) is 5.82 Å². The molecule has 0 saturated carbocycles. The van der Waals surface area contributed by atoms with Gasteiger partial charge >= 0.3 is 0 Å². The molecule has 4 rings (SSSR count). The van der Waals surface area contributed by atoms with E-state index in [9.17, 15) is 9.59 Å². The number of aromatic nitrogens is 2. The highest BCUT2D eigenvalue weighted by Crippen LogP contribution is 2.29. The Bertz CT molecular complexity index is 958. The molecule has 31 heavy (non-hydrogen) atoms. The van der Waals surface area contributed by atoms with Crippen molar-refractivity contribution in [1.29, 1.82) is 0 Å². The first-order valence-corrected chi connectivity index (χ1v) is 10.4. The lowest BCUT2D eigenvalue weighted by Gasteiger charge is -2.36. The van der Waals surface area contributed by atoms with E-state index in [0.717, 1.165) is 17.2 Å². The largest absolute Gasteiger partial charge is 0.497 e. The maximum absolute atomic E-state index is 13.1. The number of hydrogen-bond acceptors (Lipinski definition) is 7. The minimum Gasteiger partial charge on any atom is -0.497 e. The maximum Gasteiger partial charge on any atom is 0.228 e. The molecule has 0 bridgehead atoms. The van der Waals surface area contributed by atoms with Crippen molar-refractivity contribution in [3.8, 4) is 5.75 Å². The third kappa shape index (κ3) is 4.40. The van der Waals surface area contributed by atoms with Gasteiger partial charge in [-0.25, -0.2) is 0 Å². The summed E-state index contributed by atoms with van der Waals surface area (Å²) in [6.07, 6.45) is 1.97. The van der Waals surface area contributed by atoms with E-state index in [2.05, 4.69) is 15.1 Å². The Morgan fingerprint density at radius 1 is 1.16 bits per heavy atom. The molecule has 2 fully saturated rings. The van der Waals surface area contributed by atoms with E-state index in [0.29, 0.717) is 38.5 Å². The smallest absolute Gasteiger partial charge is 0.228 e. The number of carbonyl (C=O) groups is 2. The Labute approximate surface area is 182 Å². The van der Waals surface area contributed by atoms with Crippen LogP contribution in [0.5, 0.6) is 5.75 Å². The molecule has 2 aromatic rings. The lowest BCUT2D eigenvalue weighted by molar-refractivity contribution is -0.136. The zero-order valence-electron chi connectivity index (χ0n) is 18.2. The highest BCUT2D eigenvalue weighted by Gasteiger charge is 2.38. The monoisotopic (exact) mass is 424 g/mol. The van der Waals surface area contributed by atoms with E-state index in [1.807, 2.05) is 54.2 Å². The molecule has 2 aliphatic rings. The molecule has 2 amide bonds. The number of ether oxygens (including phenoxy) is 1. The van der Waals surface area contributed by atoms with Gasteiger partial charge in [0.1, 0.15) is 5.75 Å². The van der Waals surface area contributed by atoms with Gasteiger partial charge in [-0.3, -0.25) is 9.59 Å². The van der Waals surface area contributed by atoms with E-state index in [1.165, 1.54) is 0 Å². The first-order valence-electron chi connectivity index (χ1n) is 10.4. The Kier molecular flexibility index (Phi) is 5.92. The normalized spacial score (nSPS) is 19.0. The summed E-state index contributed by atoms with van der Waals surface area (Å²) in [5.74, 6) is 1.21. The van der Waals surface area contributed by atoms with Crippen LogP contribution in [0.25, 0.3) is 0 Å². The van der Waals surface area contributed by atoms with Gasteiger partial charge in [-0.2, -0.15) is 5.10 Å². The fourth-order valence-corrected chi connectivity index (χ4v) is 4.06. The molecule has 0 spiro atoms. The molecule has 1 aromatic heterocycles. The van der Waals surface area contributed by atoms with Crippen LogP contribution >= 0.6 is 0 Å². The summed E-state index contributed by atoms with van der Waals surface area (Å²) in [4.78, 5) is 33.4. The topological polar surface area (TPSA) is 82.1 Å². The number of piperazine rings is 1. The average Bonchev–Trinajstić information content (AvgIpc) is 3.20. The highest BCUT2D eigenvalue weighted by atomic mass is 16.5. The first kappa shape index (κ1) is 20.9. The minimum atomic E-state index is -0.317. The number of methoxy groups -OCH3 is 1. The van der Waals surface area contributed by atoms with Crippen LogP contribution in [-0.2, 0) is 9.59 Å². The van der Waals surface area contributed by atoms with E-state index in [-0.39, 0.29) is 24.2 Å². The lowest BCUT2D eigenvalue weighted by atomic mass is 10.1. The molecule has 0 radical (unpaired) electrons. The number of rotatable bonds is 5. The number of carbonyl (C=O) groups excluding carboxylic acids is 2. The Morgan fingerprint density at radius 3 is 2.65 bits per heavy atom. The number of nitrogens with zero attached hydrogens (tertiary/aromatic N) is 6. The third-order valence-corrected chi connectivity index (χ3v) is 5.90. The molecule has 164 valence electrons. The first-order chi connectivity index (χ1) is 15.0. The van der Waals surface area contributed by atoms with Crippen molar-refractivity contribution in [1.82, 2.24) is 15.1 Å². The summed E-state index contributed by atoms with van der Waals surface area (Å²) < 4.78 is 5.26. The molecule has 1 unspecified atom stereocenters. The van der Waals surface area contributed by atoms with Crippen molar-refractivity contribution in [3.05, 3.63) is 36.5 Å². The minimum absolute atomic E-state index is 0.0268. The van der Waals surface area contributed by atoms with Crippen LogP contribution in [0.1, 0.15) is 6.42 Å². The van der Waals surface area contributed by atoms with Crippen molar-refractivity contribution in [2.75, 3.05) is 68.6 Å². The summed E-state index contributed by atoms with van der Waals surface area (Å²) >= 11 is 0. The number of hydrogen-bond donors (Lipinski definition) is 0. The van der Waals surface area contributed by atoms with Crippen LogP contribution in [-0.4, -0.2) is 80.8 Å².